The van der Waals surface area contributed by atoms with Gasteiger partial charge in [0.1, 0.15) is 0 Å². The predicted octanol–water partition coefficient (Wildman–Crippen LogP) is 2.58. The molecule has 108 valence electrons. The zero-order chi connectivity index (χ0) is 14.8. The van der Waals surface area contributed by atoms with E-state index in [1.165, 1.54) is 12.1 Å². The van der Waals surface area contributed by atoms with E-state index < -0.39 is 16.6 Å². The first kappa shape index (κ1) is 16.6. The standard InChI is InChI=1S/C13H23O4PSi/c1-13(2,3)12(17-19(4)5)10-6-8-11(9-7-10)18(14,15)16/h6-9,12,19H,1-5H3,(H2,14,15,16). The molecule has 0 aliphatic carbocycles. The van der Waals surface area contributed by atoms with E-state index in [-0.39, 0.29) is 16.8 Å². The minimum atomic E-state index is -4.17. The van der Waals surface area contributed by atoms with Gasteiger partial charge in [-0.1, -0.05) is 32.9 Å². The van der Waals surface area contributed by atoms with Crippen LogP contribution in [0.5, 0.6) is 0 Å². The van der Waals surface area contributed by atoms with Gasteiger partial charge in [-0.15, -0.1) is 0 Å². The molecule has 1 unspecified atom stereocenters. The molecule has 0 saturated carbocycles. The molecule has 0 aliphatic rings. The van der Waals surface area contributed by atoms with Gasteiger partial charge in [0.05, 0.1) is 11.4 Å². The third kappa shape index (κ3) is 4.86. The molecule has 0 bridgehead atoms. The van der Waals surface area contributed by atoms with E-state index in [0.29, 0.717) is 0 Å². The molecule has 0 spiro atoms. The Morgan fingerprint density at radius 2 is 1.63 bits per heavy atom. The summed E-state index contributed by atoms with van der Waals surface area (Å²) < 4.78 is 17.2. The first-order chi connectivity index (χ1) is 8.51. The smallest absolute Gasteiger partial charge is 0.356 e. The number of hydrogen-bond acceptors (Lipinski definition) is 2. The third-order valence-electron chi connectivity index (χ3n) is 2.73. The summed E-state index contributed by atoms with van der Waals surface area (Å²) in [6.07, 6.45) is -0.0509. The maximum absolute atomic E-state index is 11.2. The molecule has 1 rings (SSSR count). The van der Waals surface area contributed by atoms with Gasteiger partial charge < -0.3 is 14.2 Å². The number of rotatable bonds is 4. The Kier molecular flexibility index (Phi) is 5.15. The zero-order valence-electron chi connectivity index (χ0n) is 12.1. The van der Waals surface area contributed by atoms with Crippen LogP contribution in [0.1, 0.15) is 32.4 Å². The molecule has 0 heterocycles. The molecule has 1 aromatic rings. The highest BCUT2D eigenvalue weighted by molar-refractivity contribution is 7.60. The molecule has 2 N–H and O–H groups in total. The molecule has 19 heavy (non-hydrogen) atoms. The van der Waals surface area contributed by atoms with Crippen LogP contribution in [0.25, 0.3) is 0 Å². The Labute approximate surface area is 116 Å². The Bertz CT molecular complexity index is 459. The summed E-state index contributed by atoms with van der Waals surface area (Å²) in [7, 11) is -5.37. The van der Waals surface area contributed by atoms with Crippen LogP contribution in [0.2, 0.25) is 13.1 Å². The molecule has 0 aromatic heterocycles. The summed E-state index contributed by atoms with van der Waals surface area (Å²) in [6.45, 7) is 10.5. The lowest BCUT2D eigenvalue weighted by Crippen LogP contribution is -2.26. The van der Waals surface area contributed by atoms with Crippen molar-refractivity contribution >= 4 is 21.9 Å². The van der Waals surface area contributed by atoms with Crippen molar-refractivity contribution in [2.24, 2.45) is 5.41 Å². The van der Waals surface area contributed by atoms with Gasteiger partial charge in [-0.05, 0) is 36.2 Å². The van der Waals surface area contributed by atoms with Crippen LogP contribution < -0.4 is 5.30 Å². The molecule has 0 radical (unpaired) electrons. The van der Waals surface area contributed by atoms with Crippen molar-refractivity contribution in [3.63, 3.8) is 0 Å². The van der Waals surface area contributed by atoms with Crippen molar-refractivity contribution in [2.75, 3.05) is 0 Å². The van der Waals surface area contributed by atoms with Crippen LogP contribution in [0.3, 0.4) is 0 Å². The maximum atomic E-state index is 11.2. The molecular formula is C13H23O4PSi. The van der Waals surface area contributed by atoms with Crippen LogP contribution >= 0.6 is 7.60 Å². The average molecular weight is 302 g/mol. The average Bonchev–Trinajstić information content (AvgIpc) is 2.23. The molecule has 0 fully saturated rings. The minimum Gasteiger partial charge on any atom is -0.413 e. The van der Waals surface area contributed by atoms with E-state index in [9.17, 15) is 4.57 Å². The van der Waals surface area contributed by atoms with Gasteiger partial charge in [0, 0.05) is 0 Å². The van der Waals surface area contributed by atoms with Gasteiger partial charge in [-0.2, -0.15) is 0 Å². The van der Waals surface area contributed by atoms with Gasteiger partial charge >= 0.3 is 7.60 Å². The quantitative estimate of drug-likeness (QED) is 0.662. The molecule has 0 saturated heterocycles. The van der Waals surface area contributed by atoms with Gasteiger partial charge in [0.25, 0.3) is 0 Å². The second-order valence-electron chi connectivity index (χ2n) is 6.07. The van der Waals surface area contributed by atoms with E-state index in [4.69, 9.17) is 14.2 Å². The van der Waals surface area contributed by atoms with Crippen molar-refractivity contribution in [1.29, 1.82) is 0 Å². The third-order valence-corrected chi connectivity index (χ3v) is 4.51. The van der Waals surface area contributed by atoms with Crippen molar-refractivity contribution in [2.45, 2.75) is 40.0 Å². The first-order valence-electron chi connectivity index (χ1n) is 6.33. The second kappa shape index (κ2) is 5.90. The van der Waals surface area contributed by atoms with Crippen molar-refractivity contribution in [3.05, 3.63) is 29.8 Å². The predicted molar refractivity (Wildman–Crippen MR) is 80.3 cm³/mol. The monoisotopic (exact) mass is 302 g/mol. The molecule has 1 atom stereocenters. The number of hydrogen-bond donors (Lipinski definition) is 2. The summed E-state index contributed by atoms with van der Waals surface area (Å²) in [5.41, 5.74) is 0.909. The first-order valence-corrected chi connectivity index (χ1v) is 10.7. The minimum absolute atomic E-state index is 0.0469. The Morgan fingerprint density at radius 3 is 1.95 bits per heavy atom. The van der Waals surface area contributed by atoms with Crippen molar-refractivity contribution < 1.29 is 18.8 Å². The maximum Gasteiger partial charge on any atom is 0.356 e. The lowest BCUT2D eigenvalue weighted by molar-refractivity contribution is 0.0866. The summed E-state index contributed by atoms with van der Waals surface area (Å²) in [5.74, 6) is 0. The van der Waals surface area contributed by atoms with E-state index in [1.54, 1.807) is 12.1 Å². The largest absolute Gasteiger partial charge is 0.413 e. The Balaban J connectivity index is 3.08. The lowest BCUT2D eigenvalue weighted by atomic mass is 9.85. The summed E-state index contributed by atoms with van der Waals surface area (Å²) in [4.78, 5) is 18.2. The van der Waals surface area contributed by atoms with Gasteiger partial charge in [0.15, 0.2) is 9.04 Å². The summed E-state index contributed by atoms with van der Waals surface area (Å²) in [6, 6.07) is 6.47. The summed E-state index contributed by atoms with van der Waals surface area (Å²) >= 11 is 0. The van der Waals surface area contributed by atoms with Gasteiger partial charge in [-0.3, -0.25) is 4.57 Å². The van der Waals surface area contributed by atoms with Crippen LogP contribution in [-0.2, 0) is 8.99 Å². The fourth-order valence-electron chi connectivity index (χ4n) is 1.90. The normalized spacial score (nSPS) is 14.7. The highest BCUT2D eigenvalue weighted by Crippen LogP contribution is 2.38. The number of benzene rings is 1. The Morgan fingerprint density at radius 1 is 1.16 bits per heavy atom. The fourth-order valence-corrected chi connectivity index (χ4v) is 3.55. The SMILES string of the molecule is C[SiH](C)OC(c1ccc(P(=O)(O)O)cc1)C(C)(C)C. The van der Waals surface area contributed by atoms with Crippen LogP contribution in [0, 0.1) is 5.41 Å². The highest BCUT2D eigenvalue weighted by Gasteiger charge is 2.28. The molecular weight excluding hydrogens is 279 g/mol. The lowest BCUT2D eigenvalue weighted by Gasteiger charge is -2.33. The Hall–Kier alpha value is -0.453. The fraction of sp³-hybridized carbons (Fsp3) is 0.538. The van der Waals surface area contributed by atoms with Crippen LogP contribution in [0.4, 0.5) is 0 Å². The van der Waals surface area contributed by atoms with Gasteiger partial charge in [0.2, 0.25) is 0 Å². The van der Waals surface area contributed by atoms with Crippen LogP contribution in [0.15, 0.2) is 24.3 Å². The zero-order valence-corrected chi connectivity index (χ0v) is 14.2. The molecule has 0 amide bonds. The van der Waals surface area contributed by atoms with E-state index in [0.717, 1.165) is 5.56 Å². The van der Waals surface area contributed by atoms with Crippen molar-refractivity contribution in [1.82, 2.24) is 0 Å². The molecule has 4 nitrogen and oxygen atoms in total. The van der Waals surface area contributed by atoms with Gasteiger partial charge in [-0.25, -0.2) is 0 Å². The van der Waals surface area contributed by atoms with E-state index in [1.807, 2.05) is 0 Å². The van der Waals surface area contributed by atoms with E-state index in [2.05, 4.69) is 33.9 Å². The topological polar surface area (TPSA) is 66.8 Å². The second-order valence-corrected chi connectivity index (χ2v) is 10.0. The molecule has 1 aromatic carbocycles. The van der Waals surface area contributed by atoms with E-state index >= 15 is 0 Å². The summed E-state index contributed by atoms with van der Waals surface area (Å²) in [5, 5.41) is 0.0469. The molecule has 6 heteroatoms. The van der Waals surface area contributed by atoms with Crippen LogP contribution in [-0.4, -0.2) is 18.8 Å². The highest BCUT2D eigenvalue weighted by atomic mass is 31.2. The molecule has 0 aliphatic heterocycles. The van der Waals surface area contributed by atoms with Crippen molar-refractivity contribution in [3.8, 4) is 0 Å².